The molecule has 3 aromatic heterocycles. The molecule has 0 saturated carbocycles. The van der Waals surface area contributed by atoms with Crippen molar-refractivity contribution < 1.29 is 9.53 Å². The molecule has 5 aromatic rings. The van der Waals surface area contributed by atoms with Crippen LogP contribution < -0.4 is 4.74 Å². The molecule has 1 saturated heterocycles. The van der Waals surface area contributed by atoms with Gasteiger partial charge < -0.3 is 14.0 Å². The lowest BCUT2D eigenvalue weighted by Crippen LogP contribution is -2.44. The summed E-state index contributed by atoms with van der Waals surface area (Å²) in [6.07, 6.45) is 9.57. The Bertz CT molecular complexity index is 1570. The third kappa shape index (κ3) is 5.84. The number of hydrogen-bond acceptors (Lipinski definition) is 5. The fourth-order valence-electron chi connectivity index (χ4n) is 5.75. The van der Waals surface area contributed by atoms with Gasteiger partial charge in [-0.1, -0.05) is 42.5 Å². The second-order valence-corrected chi connectivity index (χ2v) is 10.7. The van der Waals surface area contributed by atoms with Crippen molar-refractivity contribution in [2.24, 2.45) is 0 Å². The molecular weight excluding hydrogens is 498 g/mol. The van der Waals surface area contributed by atoms with E-state index in [1.54, 1.807) is 0 Å². The number of amides is 1. The van der Waals surface area contributed by atoms with Crippen LogP contribution in [0.5, 0.6) is 5.75 Å². The monoisotopic (exact) mass is 533 g/mol. The average Bonchev–Trinajstić information content (AvgIpc) is 3.42. The normalized spacial score (nSPS) is 15.7. The topological polar surface area (TPSA) is 63.0 Å². The first-order valence-electron chi connectivity index (χ1n) is 14.1. The van der Waals surface area contributed by atoms with Gasteiger partial charge in [0.05, 0.1) is 12.1 Å². The maximum Gasteiger partial charge on any atom is 0.274 e. The van der Waals surface area contributed by atoms with E-state index < -0.39 is 0 Å². The van der Waals surface area contributed by atoms with Crippen molar-refractivity contribution in [3.63, 3.8) is 0 Å². The Hall–Kier alpha value is -4.23. The number of nitrogens with zero attached hydrogens (tertiary/aromatic N) is 5. The van der Waals surface area contributed by atoms with E-state index >= 15 is 0 Å². The van der Waals surface area contributed by atoms with Gasteiger partial charge in [0.1, 0.15) is 17.1 Å². The molecule has 0 N–H and O–H groups in total. The Labute approximate surface area is 235 Å². The van der Waals surface area contributed by atoms with Gasteiger partial charge in [-0.25, -0.2) is 4.98 Å². The highest BCUT2D eigenvalue weighted by atomic mass is 16.5. The van der Waals surface area contributed by atoms with Gasteiger partial charge in [0.25, 0.3) is 5.91 Å². The number of hydrogen-bond donors (Lipinski definition) is 0. The van der Waals surface area contributed by atoms with E-state index in [1.807, 2.05) is 58.2 Å². The van der Waals surface area contributed by atoms with Gasteiger partial charge >= 0.3 is 0 Å². The zero-order chi connectivity index (χ0) is 27.3. The first-order valence-corrected chi connectivity index (χ1v) is 14.1. The number of aromatic nitrogens is 3. The Kier molecular flexibility index (Phi) is 7.73. The first kappa shape index (κ1) is 26.0. The Balaban J connectivity index is 1.05. The van der Waals surface area contributed by atoms with Crippen LogP contribution in [0.3, 0.4) is 0 Å². The minimum atomic E-state index is 0.0137. The summed E-state index contributed by atoms with van der Waals surface area (Å²) in [5.41, 5.74) is 4.79. The van der Waals surface area contributed by atoms with Crippen LogP contribution in [0.15, 0.2) is 91.4 Å². The maximum atomic E-state index is 13.4. The second-order valence-electron chi connectivity index (χ2n) is 10.7. The zero-order valence-electron chi connectivity index (χ0n) is 22.9. The fraction of sp³-hybridized carbons (Fsp3) is 0.303. The number of likely N-dealkylation sites (tertiary alicyclic amines) is 1. The highest BCUT2D eigenvalue weighted by molar-refractivity contribution is 5.93. The number of para-hydroxylation sites is 1. The summed E-state index contributed by atoms with van der Waals surface area (Å²) < 4.78 is 8.10. The second kappa shape index (κ2) is 11.9. The van der Waals surface area contributed by atoms with Crippen molar-refractivity contribution in [1.29, 1.82) is 0 Å². The predicted molar refractivity (Wildman–Crippen MR) is 157 cm³/mol. The van der Waals surface area contributed by atoms with Gasteiger partial charge in [0.2, 0.25) is 0 Å². The lowest BCUT2D eigenvalue weighted by atomic mass is 9.99. The zero-order valence-corrected chi connectivity index (χ0v) is 22.9. The van der Waals surface area contributed by atoms with Crippen LogP contribution in [-0.4, -0.2) is 56.3 Å². The van der Waals surface area contributed by atoms with Gasteiger partial charge in [-0.15, -0.1) is 0 Å². The lowest BCUT2D eigenvalue weighted by molar-refractivity contribution is 0.0575. The minimum absolute atomic E-state index is 0.0137. The third-order valence-electron chi connectivity index (χ3n) is 7.70. The number of carbonyl (C=O) groups excluding carboxylic acids is 1. The Morgan fingerprint density at radius 3 is 2.85 bits per heavy atom. The number of pyridine rings is 2. The van der Waals surface area contributed by atoms with Crippen molar-refractivity contribution >= 4 is 22.5 Å². The highest BCUT2D eigenvalue weighted by Gasteiger charge is 2.28. The van der Waals surface area contributed by atoms with Crippen LogP contribution in [0, 0.1) is 0 Å². The summed E-state index contributed by atoms with van der Waals surface area (Å²) >= 11 is 0. The molecule has 7 nitrogen and oxygen atoms in total. The number of imidazole rings is 1. The fourth-order valence-corrected chi connectivity index (χ4v) is 5.75. The summed E-state index contributed by atoms with van der Waals surface area (Å²) in [6.45, 7) is 2.97. The molecule has 1 amide bonds. The molecule has 1 fully saturated rings. The van der Waals surface area contributed by atoms with E-state index in [1.165, 1.54) is 16.5 Å². The Morgan fingerprint density at radius 1 is 1.02 bits per heavy atom. The van der Waals surface area contributed by atoms with Crippen molar-refractivity contribution in [3.05, 3.63) is 108 Å². The predicted octanol–water partition coefficient (Wildman–Crippen LogP) is 5.98. The molecule has 1 aliphatic rings. The number of carbonyl (C=O) groups is 1. The number of fused-ring (bicyclic) bond motifs is 2. The van der Waals surface area contributed by atoms with Crippen LogP contribution in [0.4, 0.5) is 0 Å². The van der Waals surface area contributed by atoms with Gasteiger partial charge in [-0.3, -0.25) is 14.7 Å². The largest absolute Gasteiger partial charge is 0.494 e. The first-order chi connectivity index (χ1) is 19.6. The molecule has 1 unspecified atom stereocenters. The molecule has 204 valence electrons. The van der Waals surface area contributed by atoms with E-state index in [0.717, 1.165) is 62.2 Å². The molecule has 40 heavy (non-hydrogen) atoms. The van der Waals surface area contributed by atoms with Gasteiger partial charge in [-0.2, -0.15) is 0 Å². The van der Waals surface area contributed by atoms with Crippen LogP contribution >= 0.6 is 0 Å². The summed E-state index contributed by atoms with van der Waals surface area (Å²) in [4.78, 5) is 26.8. The average molecular weight is 534 g/mol. The summed E-state index contributed by atoms with van der Waals surface area (Å²) in [5.74, 6) is 0.881. The number of ether oxygens (including phenoxy) is 1. The molecule has 4 heterocycles. The molecule has 0 bridgehead atoms. The van der Waals surface area contributed by atoms with Gasteiger partial charge in [0.15, 0.2) is 0 Å². The standard InChI is InChI=1S/C33H35N5O2/c1-36(23-27-11-7-10-26-12-8-17-34-32(26)27)22-25-9-6-14-29(21-25)40-20-16-28-13-2-5-19-38(28)33(39)30-24-37-18-4-3-15-31(37)35-30/h3-4,6-12,14-15,17-18,21,24,28H,2,5,13,16,19-20,22-23H2,1H3. The molecule has 0 spiro atoms. The third-order valence-corrected chi connectivity index (χ3v) is 7.70. The van der Waals surface area contributed by atoms with Crippen LogP contribution in [0.2, 0.25) is 0 Å². The SMILES string of the molecule is CN(Cc1cccc(OCCC2CCCCN2C(=O)c2cn3ccccc3n2)c1)Cc1cccc2cccnc12. The summed E-state index contributed by atoms with van der Waals surface area (Å²) in [7, 11) is 2.13. The number of rotatable bonds is 9. The molecule has 7 heteroatoms. The van der Waals surface area contributed by atoms with Gasteiger partial charge in [-0.05, 0) is 67.8 Å². The molecule has 0 radical (unpaired) electrons. The maximum absolute atomic E-state index is 13.4. The summed E-state index contributed by atoms with van der Waals surface area (Å²) in [5, 5.41) is 1.17. The van der Waals surface area contributed by atoms with E-state index in [4.69, 9.17) is 4.74 Å². The molecule has 1 aliphatic heterocycles. The van der Waals surface area contributed by atoms with E-state index in [0.29, 0.717) is 12.3 Å². The quantitative estimate of drug-likeness (QED) is 0.233. The van der Waals surface area contributed by atoms with Crippen LogP contribution in [0.25, 0.3) is 16.6 Å². The van der Waals surface area contributed by atoms with Crippen molar-refractivity contribution in [2.75, 3.05) is 20.2 Å². The van der Waals surface area contributed by atoms with Crippen molar-refractivity contribution in [2.45, 2.75) is 44.8 Å². The summed E-state index contributed by atoms with van der Waals surface area (Å²) in [6, 6.07) is 24.7. The lowest BCUT2D eigenvalue weighted by Gasteiger charge is -2.35. The van der Waals surface area contributed by atoms with Crippen molar-refractivity contribution in [3.8, 4) is 5.75 Å². The minimum Gasteiger partial charge on any atom is -0.494 e. The molecular formula is C33H35N5O2. The highest BCUT2D eigenvalue weighted by Crippen LogP contribution is 2.24. The smallest absolute Gasteiger partial charge is 0.274 e. The number of benzene rings is 2. The van der Waals surface area contributed by atoms with Crippen LogP contribution in [-0.2, 0) is 13.1 Å². The molecule has 1 atom stereocenters. The van der Waals surface area contributed by atoms with Crippen LogP contribution in [0.1, 0.15) is 47.3 Å². The van der Waals surface area contributed by atoms with Crippen molar-refractivity contribution in [1.82, 2.24) is 24.2 Å². The number of piperidine rings is 1. The van der Waals surface area contributed by atoms with E-state index in [2.05, 4.69) is 64.4 Å². The van der Waals surface area contributed by atoms with E-state index in [9.17, 15) is 4.79 Å². The van der Waals surface area contributed by atoms with E-state index in [-0.39, 0.29) is 11.9 Å². The molecule has 2 aromatic carbocycles. The molecule has 0 aliphatic carbocycles. The Morgan fingerprint density at radius 2 is 1.93 bits per heavy atom. The van der Waals surface area contributed by atoms with Gasteiger partial charge in [0, 0.05) is 56.1 Å². The molecule has 6 rings (SSSR count).